The fourth-order valence-corrected chi connectivity index (χ4v) is 2.27. The van der Waals surface area contributed by atoms with Crippen LogP contribution in [0.15, 0.2) is 12.1 Å². The zero-order valence-corrected chi connectivity index (χ0v) is 16.9. The second-order valence-electron chi connectivity index (χ2n) is 6.21. The number of rotatable bonds is 12. The summed E-state index contributed by atoms with van der Waals surface area (Å²) >= 11 is 0. The molecular formula is C20H31NO6. The molecular weight excluding hydrogens is 350 g/mol. The van der Waals surface area contributed by atoms with E-state index in [4.69, 9.17) is 18.9 Å². The van der Waals surface area contributed by atoms with E-state index in [2.05, 4.69) is 19.2 Å². The van der Waals surface area contributed by atoms with Gasteiger partial charge in [0.2, 0.25) is 5.75 Å². The fraction of sp³-hybridized carbons (Fsp3) is 0.600. The van der Waals surface area contributed by atoms with Crippen LogP contribution in [0.4, 0.5) is 0 Å². The van der Waals surface area contributed by atoms with Gasteiger partial charge < -0.3 is 24.3 Å². The highest BCUT2D eigenvalue weighted by atomic mass is 16.5. The van der Waals surface area contributed by atoms with Gasteiger partial charge in [-0.05, 0) is 45.2 Å². The molecule has 0 saturated heterocycles. The Hall–Kier alpha value is -2.44. The van der Waals surface area contributed by atoms with Crippen LogP contribution in [0.25, 0.3) is 0 Å². The highest BCUT2D eigenvalue weighted by Crippen LogP contribution is 2.39. The lowest BCUT2D eigenvalue weighted by atomic mass is 10.1. The van der Waals surface area contributed by atoms with Crippen LogP contribution < -0.4 is 19.5 Å². The van der Waals surface area contributed by atoms with Crippen molar-refractivity contribution in [2.24, 2.45) is 5.92 Å². The molecule has 7 nitrogen and oxygen atoms in total. The number of carbonyl (C=O) groups excluding carboxylic acids is 2. The Labute approximate surface area is 161 Å². The van der Waals surface area contributed by atoms with Gasteiger partial charge in [-0.3, -0.25) is 4.79 Å². The number of hydrogen-bond acceptors (Lipinski definition) is 6. The van der Waals surface area contributed by atoms with Crippen molar-refractivity contribution in [2.45, 2.75) is 41.0 Å². The highest BCUT2D eigenvalue weighted by molar-refractivity contribution is 5.92. The lowest BCUT2D eigenvalue weighted by Crippen LogP contribution is -2.30. The van der Waals surface area contributed by atoms with E-state index in [0.29, 0.717) is 49.5 Å². The first-order valence-electron chi connectivity index (χ1n) is 9.43. The molecule has 1 aromatic carbocycles. The Morgan fingerprint density at radius 2 is 1.52 bits per heavy atom. The molecule has 1 amide bonds. The van der Waals surface area contributed by atoms with Gasteiger partial charge in [-0.25, -0.2) is 4.79 Å². The molecule has 0 spiro atoms. The van der Waals surface area contributed by atoms with Crippen molar-refractivity contribution in [3.63, 3.8) is 0 Å². The van der Waals surface area contributed by atoms with Gasteiger partial charge in [0.15, 0.2) is 18.1 Å². The Morgan fingerprint density at radius 3 is 2.00 bits per heavy atom. The van der Waals surface area contributed by atoms with Gasteiger partial charge in [0, 0.05) is 6.54 Å². The SMILES string of the molecule is CCOc1cc(C(=O)OCC(=O)NCCC(C)C)cc(OCC)c1OCC. The molecule has 0 saturated carbocycles. The Bertz CT molecular complexity index is 587. The van der Waals surface area contributed by atoms with Gasteiger partial charge >= 0.3 is 5.97 Å². The van der Waals surface area contributed by atoms with Crippen molar-refractivity contribution >= 4 is 11.9 Å². The number of hydrogen-bond donors (Lipinski definition) is 1. The number of ether oxygens (including phenoxy) is 4. The van der Waals surface area contributed by atoms with E-state index >= 15 is 0 Å². The zero-order valence-electron chi connectivity index (χ0n) is 16.9. The molecule has 27 heavy (non-hydrogen) atoms. The minimum Gasteiger partial charge on any atom is -0.490 e. The molecule has 152 valence electrons. The molecule has 0 aromatic heterocycles. The average molecular weight is 381 g/mol. The summed E-state index contributed by atoms with van der Waals surface area (Å²) in [6, 6.07) is 3.08. The second kappa shape index (κ2) is 12.0. The van der Waals surface area contributed by atoms with Gasteiger partial charge in [0.05, 0.1) is 25.4 Å². The van der Waals surface area contributed by atoms with Crippen LogP contribution in [-0.2, 0) is 9.53 Å². The van der Waals surface area contributed by atoms with Crippen molar-refractivity contribution in [1.82, 2.24) is 5.32 Å². The van der Waals surface area contributed by atoms with Gasteiger partial charge in [-0.1, -0.05) is 13.8 Å². The summed E-state index contributed by atoms with van der Waals surface area (Å²) < 4.78 is 21.9. The molecule has 0 aliphatic carbocycles. The standard InChI is InChI=1S/C20H31NO6/c1-6-24-16-11-15(12-17(25-7-2)19(16)26-8-3)20(23)27-13-18(22)21-10-9-14(4)5/h11-12,14H,6-10,13H2,1-5H3,(H,21,22). The maximum absolute atomic E-state index is 12.4. The van der Waals surface area contributed by atoms with Gasteiger partial charge in [-0.2, -0.15) is 0 Å². The Balaban J connectivity index is 2.84. The molecule has 7 heteroatoms. The molecule has 0 bridgehead atoms. The highest BCUT2D eigenvalue weighted by Gasteiger charge is 2.19. The van der Waals surface area contributed by atoms with E-state index in [1.807, 2.05) is 20.8 Å². The summed E-state index contributed by atoms with van der Waals surface area (Å²) in [7, 11) is 0. The number of carbonyl (C=O) groups is 2. The fourth-order valence-electron chi connectivity index (χ4n) is 2.27. The largest absolute Gasteiger partial charge is 0.490 e. The monoisotopic (exact) mass is 381 g/mol. The molecule has 0 aliphatic heterocycles. The average Bonchev–Trinajstić information content (AvgIpc) is 2.62. The quantitative estimate of drug-likeness (QED) is 0.560. The lowest BCUT2D eigenvalue weighted by Gasteiger charge is -2.16. The smallest absolute Gasteiger partial charge is 0.338 e. The topological polar surface area (TPSA) is 83.1 Å². The first-order valence-corrected chi connectivity index (χ1v) is 9.43. The summed E-state index contributed by atoms with van der Waals surface area (Å²) in [6.07, 6.45) is 0.869. The molecule has 1 N–H and O–H groups in total. The summed E-state index contributed by atoms with van der Waals surface area (Å²) in [6.45, 7) is 11.1. The molecule has 0 fully saturated rings. The van der Waals surface area contributed by atoms with Gasteiger partial charge in [0.25, 0.3) is 5.91 Å². The van der Waals surface area contributed by atoms with Crippen LogP contribution in [0, 0.1) is 5.92 Å². The summed E-state index contributed by atoms with van der Waals surface area (Å²) in [5, 5.41) is 2.72. The molecule has 0 aliphatic rings. The molecule has 0 heterocycles. The number of esters is 1. The first kappa shape index (κ1) is 22.6. The first-order chi connectivity index (χ1) is 12.9. The zero-order chi connectivity index (χ0) is 20.2. The summed E-state index contributed by atoms with van der Waals surface area (Å²) in [4.78, 5) is 24.1. The van der Waals surface area contributed by atoms with Crippen LogP contribution in [0.1, 0.15) is 51.4 Å². The maximum atomic E-state index is 12.4. The van der Waals surface area contributed by atoms with E-state index in [0.717, 1.165) is 6.42 Å². The van der Waals surface area contributed by atoms with E-state index in [1.165, 1.54) is 12.1 Å². The van der Waals surface area contributed by atoms with Crippen LogP contribution in [0.3, 0.4) is 0 Å². The van der Waals surface area contributed by atoms with E-state index in [-0.39, 0.29) is 18.1 Å². The van der Waals surface area contributed by atoms with Crippen molar-refractivity contribution in [3.05, 3.63) is 17.7 Å². The Morgan fingerprint density at radius 1 is 0.963 bits per heavy atom. The minimum absolute atomic E-state index is 0.236. The molecule has 0 radical (unpaired) electrons. The number of nitrogens with one attached hydrogen (secondary N) is 1. The third kappa shape index (κ3) is 7.76. The molecule has 1 aromatic rings. The predicted octanol–water partition coefficient (Wildman–Crippen LogP) is 3.20. The van der Waals surface area contributed by atoms with E-state index in [9.17, 15) is 9.59 Å². The van der Waals surface area contributed by atoms with Crippen molar-refractivity contribution in [1.29, 1.82) is 0 Å². The molecule has 1 rings (SSSR count). The number of amides is 1. The predicted molar refractivity (Wildman–Crippen MR) is 103 cm³/mol. The molecule has 0 atom stereocenters. The normalized spacial score (nSPS) is 10.4. The van der Waals surface area contributed by atoms with Crippen LogP contribution in [0.5, 0.6) is 17.2 Å². The Kier molecular flexibility index (Phi) is 10.1. The third-order valence-corrected chi connectivity index (χ3v) is 3.52. The van der Waals surface area contributed by atoms with E-state index in [1.54, 1.807) is 0 Å². The third-order valence-electron chi connectivity index (χ3n) is 3.52. The minimum atomic E-state index is -0.626. The van der Waals surface area contributed by atoms with Crippen LogP contribution in [0.2, 0.25) is 0 Å². The van der Waals surface area contributed by atoms with Crippen LogP contribution >= 0.6 is 0 Å². The van der Waals surface area contributed by atoms with Gasteiger partial charge in [0.1, 0.15) is 0 Å². The van der Waals surface area contributed by atoms with Gasteiger partial charge in [-0.15, -0.1) is 0 Å². The molecule has 0 unspecified atom stereocenters. The lowest BCUT2D eigenvalue weighted by molar-refractivity contribution is -0.124. The van der Waals surface area contributed by atoms with Crippen LogP contribution in [-0.4, -0.2) is 44.8 Å². The van der Waals surface area contributed by atoms with Crippen molar-refractivity contribution in [2.75, 3.05) is 33.0 Å². The summed E-state index contributed by atoms with van der Waals surface area (Å²) in [5.74, 6) is 0.788. The summed E-state index contributed by atoms with van der Waals surface area (Å²) in [5.41, 5.74) is 0.236. The number of benzene rings is 1. The van der Waals surface area contributed by atoms with Crippen molar-refractivity contribution < 1.29 is 28.5 Å². The van der Waals surface area contributed by atoms with Crippen molar-refractivity contribution in [3.8, 4) is 17.2 Å². The maximum Gasteiger partial charge on any atom is 0.338 e. The van der Waals surface area contributed by atoms with E-state index < -0.39 is 5.97 Å². The second-order valence-corrected chi connectivity index (χ2v) is 6.21.